The van der Waals surface area contributed by atoms with Crippen LogP contribution in [0, 0.1) is 6.92 Å². The minimum absolute atomic E-state index is 0.581. The van der Waals surface area contributed by atoms with Crippen LogP contribution in [0.1, 0.15) is 12.5 Å². The molecule has 3 heteroatoms. The summed E-state index contributed by atoms with van der Waals surface area (Å²) < 4.78 is 11.0. The Bertz CT molecular complexity index is 480. The van der Waals surface area contributed by atoms with Crippen LogP contribution in [0.3, 0.4) is 0 Å². The molecule has 0 spiro atoms. The minimum Gasteiger partial charge on any atom is -0.478 e. The van der Waals surface area contributed by atoms with Crippen molar-refractivity contribution in [3.63, 3.8) is 0 Å². The Balaban J connectivity index is 2.12. The van der Waals surface area contributed by atoms with E-state index in [0.717, 1.165) is 11.5 Å². The molecule has 88 valence electrons. The first-order valence-electron chi connectivity index (χ1n) is 5.61. The molecular formula is C14H15NO2. The van der Waals surface area contributed by atoms with Crippen molar-refractivity contribution in [2.24, 2.45) is 0 Å². The summed E-state index contributed by atoms with van der Waals surface area (Å²) in [5, 5.41) is 0. The highest BCUT2D eigenvalue weighted by molar-refractivity contribution is 5.34. The number of hydrogen-bond acceptors (Lipinski definition) is 3. The van der Waals surface area contributed by atoms with Crippen LogP contribution in [-0.4, -0.2) is 11.6 Å². The van der Waals surface area contributed by atoms with Gasteiger partial charge >= 0.3 is 0 Å². The smallest absolute Gasteiger partial charge is 0.216 e. The molecule has 1 aromatic heterocycles. The van der Waals surface area contributed by atoms with E-state index in [-0.39, 0.29) is 0 Å². The zero-order valence-electron chi connectivity index (χ0n) is 10.0. The molecule has 2 rings (SSSR count). The number of ether oxygens (including phenoxy) is 2. The van der Waals surface area contributed by atoms with Crippen molar-refractivity contribution in [1.29, 1.82) is 0 Å². The first-order valence-corrected chi connectivity index (χ1v) is 5.61. The maximum absolute atomic E-state index is 5.70. The molecule has 0 bridgehead atoms. The summed E-state index contributed by atoms with van der Waals surface area (Å²) in [6, 6.07) is 11.5. The molecule has 0 amide bonds. The van der Waals surface area contributed by atoms with Crippen LogP contribution in [-0.2, 0) is 0 Å². The number of pyridine rings is 1. The molecule has 0 aliphatic carbocycles. The van der Waals surface area contributed by atoms with E-state index in [0.29, 0.717) is 12.5 Å². The van der Waals surface area contributed by atoms with E-state index in [9.17, 15) is 0 Å². The number of aromatic nitrogens is 1. The van der Waals surface area contributed by atoms with Gasteiger partial charge in [0.1, 0.15) is 11.5 Å². The second-order valence-corrected chi connectivity index (χ2v) is 3.68. The SMILES string of the molecule is CCOc1cc(Oc2ccc(C)cc2)ccn1. The lowest BCUT2D eigenvalue weighted by Crippen LogP contribution is -1.94. The number of hydrogen-bond donors (Lipinski definition) is 0. The van der Waals surface area contributed by atoms with Gasteiger partial charge in [-0.1, -0.05) is 17.7 Å². The van der Waals surface area contributed by atoms with Crippen LogP contribution in [0.2, 0.25) is 0 Å². The summed E-state index contributed by atoms with van der Waals surface area (Å²) >= 11 is 0. The van der Waals surface area contributed by atoms with E-state index in [1.165, 1.54) is 5.56 Å². The van der Waals surface area contributed by atoms with Crippen LogP contribution in [0.25, 0.3) is 0 Å². The Kier molecular flexibility index (Phi) is 3.60. The third kappa shape index (κ3) is 3.21. The number of benzene rings is 1. The second-order valence-electron chi connectivity index (χ2n) is 3.68. The highest BCUT2D eigenvalue weighted by atomic mass is 16.5. The summed E-state index contributed by atoms with van der Waals surface area (Å²) in [5.74, 6) is 2.12. The third-order valence-corrected chi connectivity index (χ3v) is 2.26. The van der Waals surface area contributed by atoms with Crippen molar-refractivity contribution in [1.82, 2.24) is 4.98 Å². The maximum atomic E-state index is 5.70. The van der Waals surface area contributed by atoms with Crippen molar-refractivity contribution in [3.05, 3.63) is 48.2 Å². The predicted octanol–water partition coefficient (Wildman–Crippen LogP) is 3.58. The van der Waals surface area contributed by atoms with Crippen LogP contribution in [0.5, 0.6) is 17.4 Å². The lowest BCUT2D eigenvalue weighted by molar-refractivity contribution is 0.324. The molecule has 0 atom stereocenters. The van der Waals surface area contributed by atoms with Crippen LogP contribution in [0.4, 0.5) is 0 Å². The van der Waals surface area contributed by atoms with Crippen LogP contribution in [0.15, 0.2) is 42.6 Å². The van der Waals surface area contributed by atoms with E-state index < -0.39 is 0 Å². The van der Waals surface area contributed by atoms with E-state index >= 15 is 0 Å². The molecule has 17 heavy (non-hydrogen) atoms. The van der Waals surface area contributed by atoms with Gasteiger partial charge in [0.15, 0.2) is 0 Å². The van der Waals surface area contributed by atoms with Gasteiger partial charge in [0, 0.05) is 12.3 Å². The lowest BCUT2D eigenvalue weighted by Gasteiger charge is -2.07. The Hall–Kier alpha value is -2.03. The van der Waals surface area contributed by atoms with E-state index in [1.807, 2.05) is 44.2 Å². The van der Waals surface area contributed by atoms with Gasteiger partial charge in [-0.25, -0.2) is 4.98 Å². The number of nitrogens with zero attached hydrogens (tertiary/aromatic N) is 1. The lowest BCUT2D eigenvalue weighted by atomic mass is 10.2. The van der Waals surface area contributed by atoms with Gasteiger partial charge in [0.05, 0.1) is 6.61 Å². The average Bonchev–Trinajstić information content (AvgIpc) is 2.33. The van der Waals surface area contributed by atoms with Gasteiger partial charge in [-0.05, 0) is 32.0 Å². The van der Waals surface area contributed by atoms with Crippen molar-refractivity contribution < 1.29 is 9.47 Å². The van der Waals surface area contributed by atoms with Crippen LogP contribution >= 0.6 is 0 Å². The molecule has 0 saturated carbocycles. The van der Waals surface area contributed by atoms with E-state index in [1.54, 1.807) is 12.3 Å². The quantitative estimate of drug-likeness (QED) is 0.803. The van der Waals surface area contributed by atoms with Gasteiger partial charge in [0.2, 0.25) is 5.88 Å². The molecule has 1 aromatic carbocycles. The van der Waals surface area contributed by atoms with Gasteiger partial charge in [0.25, 0.3) is 0 Å². The minimum atomic E-state index is 0.581. The van der Waals surface area contributed by atoms with Crippen molar-refractivity contribution in [2.45, 2.75) is 13.8 Å². The molecule has 0 aliphatic rings. The molecule has 0 radical (unpaired) electrons. The topological polar surface area (TPSA) is 31.4 Å². The first kappa shape index (κ1) is 11.5. The Morgan fingerprint density at radius 1 is 1.06 bits per heavy atom. The fraction of sp³-hybridized carbons (Fsp3) is 0.214. The summed E-state index contributed by atoms with van der Waals surface area (Å²) in [6.45, 7) is 4.57. The molecule has 0 unspecified atom stereocenters. The zero-order valence-corrected chi connectivity index (χ0v) is 10.0. The van der Waals surface area contributed by atoms with Crippen LogP contribution < -0.4 is 9.47 Å². The van der Waals surface area contributed by atoms with E-state index in [2.05, 4.69) is 4.98 Å². The highest BCUT2D eigenvalue weighted by Crippen LogP contribution is 2.23. The zero-order chi connectivity index (χ0) is 12.1. The van der Waals surface area contributed by atoms with Crippen molar-refractivity contribution in [3.8, 4) is 17.4 Å². The van der Waals surface area contributed by atoms with Gasteiger partial charge in [-0.3, -0.25) is 0 Å². The molecule has 0 fully saturated rings. The molecule has 0 N–H and O–H groups in total. The second kappa shape index (κ2) is 5.34. The monoisotopic (exact) mass is 229 g/mol. The molecular weight excluding hydrogens is 214 g/mol. The summed E-state index contributed by atoms with van der Waals surface area (Å²) in [5.41, 5.74) is 1.21. The molecule has 3 nitrogen and oxygen atoms in total. The maximum Gasteiger partial charge on any atom is 0.216 e. The highest BCUT2D eigenvalue weighted by Gasteiger charge is 2.00. The Morgan fingerprint density at radius 2 is 1.82 bits per heavy atom. The van der Waals surface area contributed by atoms with Crippen molar-refractivity contribution >= 4 is 0 Å². The predicted molar refractivity (Wildman–Crippen MR) is 66.7 cm³/mol. The standard InChI is InChI=1S/C14H15NO2/c1-3-16-14-10-13(8-9-15-14)17-12-6-4-11(2)5-7-12/h4-10H,3H2,1-2H3. The normalized spacial score (nSPS) is 10.0. The van der Waals surface area contributed by atoms with Gasteiger partial charge in [-0.2, -0.15) is 0 Å². The van der Waals surface area contributed by atoms with E-state index in [4.69, 9.17) is 9.47 Å². The van der Waals surface area contributed by atoms with Crippen molar-refractivity contribution in [2.75, 3.05) is 6.61 Å². The average molecular weight is 229 g/mol. The fourth-order valence-electron chi connectivity index (χ4n) is 1.42. The Labute approximate surface area is 101 Å². The molecule has 1 heterocycles. The Morgan fingerprint density at radius 3 is 2.53 bits per heavy atom. The summed E-state index contributed by atoms with van der Waals surface area (Å²) in [6.07, 6.45) is 1.68. The molecule has 0 aliphatic heterocycles. The van der Waals surface area contributed by atoms with Gasteiger partial charge in [-0.15, -0.1) is 0 Å². The summed E-state index contributed by atoms with van der Waals surface area (Å²) in [4.78, 5) is 4.08. The molecule has 0 saturated heterocycles. The number of rotatable bonds is 4. The fourth-order valence-corrected chi connectivity index (χ4v) is 1.42. The summed E-state index contributed by atoms with van der Waals surface area (Å²) in [7, 11) is 0. The largest absolute Gasteiger partial charge is 0.478 e. The molecule has 2 aromatic rings. The number of aryl methyl sites for hydroxylation is 1. The first-order chi connectivity index (χ1) is 8.28. The third-order valence-electron chi connectivity index (χ3n) is 2.26. The van der Waals surface area contributed by atoms with Gasteiger partial charge < -0.3 is 9.47 Å².